The fraction of sp³-hybridized carbons (Fsp3) is 0.0714. The van der Waals surface area contributed by atoms with E-state index < -0.39 is 34.8 Å². The number of carboxylic acid groups (broad SMARTS) is 1. The molecule has 2 rings (SSSR count). The minimum absolute atomic E-state index is 0.207. The molecule has 0 bridgehead atoms. The van der Waals surface area contributed by atoms with E-state index in [1.807, 2.05) is 0 Å². The van der Waals surface area contributed by atoms with Gasteiger partial charge in [-0.05, 0) is 25.1 Å². The highest BCUT2D eigenvalue weighted by Crippen LogP contribution is 2.20. The maximum Gasteiger partial charge on any atom is 0.338 e. The molecule has 108 valence electrons. The molecule has 21 heavy (non-hydrogen) atoms. The van der Waals surface area contributed by atoms with Gasteiger partial charge in [0.05, 0.1) is 16.8 Å². The predicted octanol–water partition coefficient (Wildman–Crippen LogP) is 2.62. The maximum absolute atomic E-state index is 13.6. The molecule has 0 fully saturated rings. The summed E-state index contributed by atoms with van der Waals surface area (Å²) in [6.07, 6.45) is 1.49. The molecular weight excluding hydrogens is 282 g/mol. The summed E-state index contributed by atoms with van der Waals surface area (Å²) in [7, 11) is 0. The number of anilines is 1. The largest absolute Gasteiger partial charge is 0.478 e. The van der Waals surface area contributed by atoms with Gasteiger partial charge in [-0.1, -0.05) is 0 Å². The van der Waals surface area contributed by atoms with Crippen LogP contribution < -0.4 is 5.32 Å². The number of rotatable bonds is 3. The van der Waals surface area contributed by atoms with Gasteiger partial charge in [0, 0.05) is 18.0 Å². The van der Waals surface area contributed by atoms with E-state index >= 15 is 0 Å². The van der Waals surface area contributed by atoms with Gasteiger partial charge in [-0.2, -0.15) is 0 Å². The number of aryl methyl sites for hydroxylation is 1. The first-order valence-corrected chi connectivity index (χ1v) is 5.85. The van der Waals surface area contributed by atoms with Crippen LogP contribution in [0, 0.1) is 18.6 Å². The van der Waals surface area contributed by atoms with E-state index in [4.69, 9.17) is 5.11 Å². The molecule has 1 heterocycles. The maximum atomic E-state index is 13.6. The summed E-state index contributed by atoms with van der Waals surface area (Å²) in [6, 6.07) is 4.16. The average molecular weight is 292 g/mol. The highest BCUT2D eigenvalue weighted by atomic mass is 19.1. The summed E-state index contributed by atoms with van der Waals surface area (Å²) >= 11 is 0. The van der Waals surface area contributed by atoms with Gasteiger partial charge in [0.15, 0.2) is 0 Å². The Bertz CT molecular complexity index is 732. The molecule has 0 saturated carbocycles. The van der Waals surface area contributed by atoms with Crippen molar-refractivity contribution < 1.29 is 23.5 Å². The number of amides is 1. The Labute approximate surface area is 118 Å². The van der Waals surface area contributed by atoms with Gasteiger partial charge in [-0.15, -0.1) is 0 Å². The van der Waals surface area contributed by atoms with Crippen LogP contribution in [-0.4, -0.2) is 22.0 Å². The summed E-state index contributed by atoms with van der Waals surface area (Å²) in [5.41, 5.74) is -0.509. The number of aromatic nitrogens is 1. The molecule has 0 unspecified atom stereocenters. The normalized spacial score (nSPS) is 10.2. The van der Waals surface area contributed by atoms with E-state index in [9.17, 15) is 18.4 Å². The molecule has 0 aliphatic rings. The Balaban J connectivity index is 2.36. The number of carboxylic acids is 1. The van der Waals surface area contributed by atoms with E-state index in [2.05, 4.69) is 10.3 Å². The topological polar surface area (TPSA) is 79.3 Å². The lowest BCUT2D eigenvalue weighted by atomic mass is 10.1. The van der Waals surface area contributed by atoms with E-state index in [1.165, 1.54) is 18.3 Å². The van der Waals surface area contributed by atoms with Crippen LogP contribution >= 0.6 is 0 Å². The Kier molecular flexibility index (Phi) is 3.93. The van der Waals surface area contributed by atoms with Gasteiger partial charge >= 0.3 is 5.97 Å². The molecule has 5 nitrogen and oxygen atoms in total. The van der Waals surface area contributed by atoms with Crippen molar-refractivity contribution in [3.8, 4) is 0 Å². The Morgan fingerprint density at radius 1 is 1.19 bits per heavy atom. The quantitative estimate of drug-likeness (QED) is 0.911. The lowest BCUT2D eigenvalue weighted by Gasteiger charge is -2.09. The second kappa shape index (κ2) is 5.66. The number of pyridine rings is 1. The number of carbonyl (C=O) groups excluding carboxylic acids is 1. The molecule has 0 radical (unpaired) electrons. The molecule has 0 aliphatic heterocycles. The molecule has 0 aliphatic carbocycles. The third-order valence-electron chi connectivity index (χ3n) is 2.79. The van der Waals surface area contributed by atoms with Crippen molar-refractivity contribution in [2.24, 2.45) is 0 Å². The summed E-state index contributed by atoms with van der Waals surface area (Å²) in [6.45, 7) is 1.60. The molecule has 2 N–H and O–H groups in total. The summed E-state index contributed by atoms with van der Waals surface area (Å²) in [4.78, 5) is 26.7. The Hall–Kier alpha value is -2.83. The first kappa shape index (κ1) is 14.6. The van der Waals surface area contributed by atoms with Crippen molar-refractivity contribution in [1.82, 2.24) is 4.98 Å². The van der Waals surface area contributed by atoms with Crippen molar-refractivity contribution in [2.45, 2.75) is 6.92 Å². The van der Waals surface area contributed by atoms with Crippen LogP contribution in [0.3, 0.4) is 0 Å². The SMILES string of the molecule is Cc1ncccc1C(=O)Nc1cc(C(=O)O)c(F)cc1F. The van der Waals surface area contributed by atoms with Crippen LogP contribution in [0.2, 0.25) is 0 Å². The van der Waals surface area contributed by atoms with Crippen LogP contribution in [0.1, 0.15) is 26.4 Å². The number of carbonyl (C=O) groups is 2. The fourth-order valence-corrected chi connectivity index (χ4v) is 1.72. The standard InChI is InChI=1S/C14H10F2N2O3/c1-7-8(3-2-4-17-7)13(19)18-12-5-9(14(20)21)10(15)6-11(12)16/h2-6H,1H3,(H,18,19)(H,20,21). The fourth-order valence-electron chi connectivity index (χ4n) is 1.72. The Morgan fingerprint density at radius 2 is 1.90 bits per heavy atom. The molecule has 2 aromatic rings. The summed E-state index contributed by atoms with van der Waals surface area (Å²) in [5.74, 6) is -4.49. The number of nitrogens with zero attached hydrogens (tertiary/aromatic N) is 1. The number of benzene rings is 1. The molecular formula is C14H10F2N2O3. The first-order chi connectivity index (χ1) is 9.90. The Morgan fingerprint density at radius 3 is 2.52 bits per heavy atom. The van der Waals surface area contributed by atoms with E-state index in [0.717, 1.165) is 6.07 Å². The zero-order valence-corrected chi connectivity index (χ0v) is 10.9. The molecule has 1 aromatic heterocycles. The van der Waals surface area contributed by atoms with Crippen LogP contribution in [-0.2, 0) is 0 Å². The van der Waals surface area contributed by atoms with Gasteiger partial charge in [-0.25, -0.2) is 13.6 Å². The molecule has 1 aromatic carbocycles. The van der Waals surface area contributed by atoms with Crippen molar-refractivity contribution >= 4 is 17.6 Å². The van der Waals surface area contributed by atoms with Gasteiger partial charge < -0.3 is 10.4 Å². The van der Waals surface area contributed by atoms with Crippen LogP contribution in [0.4, 0.5) is 14.5 Å². The van der Waals surface area contributed by atoms with Gasteiger partial charge in [0.2, 0.25) is 0 Å². The van der Waals surface area contributed by atoms with E-state index in [1.54, 1.807) is 6.92 Å². The number of halogens is 2. The minimum atomic E-state index is -1.56. The van der Waals surface area contributed by atoms with E-state index in [0.29, 0.717) is 11.8 Å². The number of hydrogen-bond acceptors (Lipinski definition) is 3. The van der Waals surface area contributed by atoms with E-state index in [-0.39, 0.29) is 5.56 Å². The van der Waals surface area contributed by atoms with Crippen LogP contribution in [0.5, 0.6) is 0 Å². The minimum Gasteiger partial charge on any atom is -0.478 e. The number of aromatic carboxylic acids is 1. The lowest BCUT2D eigenvalue weighted by molar-refractivity contribution is 0.0691. The lowest BCUT2D eigenvalue weighted by Crippen LogP contribution is -2.16. The second-order valence-electron chi connectivity index (χ2n) is 4.21. The van der Waals surface area contributed by atoms with Crippen molar-refractivity contribution in [1.29, 1.82) is 0 Å². The second-order valence-corrected chi connectivity index (χ2v) is 4.21. The molecule has 0 spiro atoms. The highest BCUT2D eigenvalue weighted by Gasteiger charge is 2.18. The summed E-state index contributed by atoms with van der Waals surface area (Å²) < 4.78 is 26.9. The van der Waals surface area contributed by atoms with Gasteiger partial charge in [0.1, 0.15) is 11.6 Å². The van der Waals surface area contributed by atoms with Crippen LogP contribution in [0.15, 0.2) is 30.5 Å². The van der Waals surface area contributed by atoms with Gasteiger partial charge in [0.25, 0.3) is 5.91 Å². The molecule has 1 amide bonds. The predicted molar refractivity (Wildman–Crippen MR) is 70.2 cm³/mol. The van der Waals surface area contributed by atoms with Crippen molar-refractivity contribution in [3.63, 3.8) is 0 Å². The third kappa shape index (κ3) is 3.02. The average Bonchev–Trinajstić information content (AvgIpc) is 2.41. The molecule has 0 saturated heterocycles. The van der Waals surface area contributed by atoms with Crippen LogP contribution in [0.25, 0.3) is 0 Å². The van der Waals surface area contributed by atoms with Crippen molar-refractivity contribution in [3.05, 3.63) is 58.9 Å². The number of hydrogen-bond donors (Lipinski definition) is 2. The monoisotopic (exact) mass is 292 g/mol. The smallest absolute Gasteiger partial charge is 0.338 e. The summed E-state index contributed by atoms with van der Waals surface area (Å²) in [5, 5.41) is 11.0. The molecule has 7 heteroatoms. The zero-order chi connectivity index (χ0) is 15.6. The highest BCUT2D eigenvalue weighted by molar-refractivity contribution is 6.05. The van der Waals surface area contributed by atoms with Gasteiger partial charge in [-0.3, -0.25) is 9.78 Å². The molecule has 0 atom stereocenters. The first-order valence-electron chi connectivity index (χ1n) is 5.85. The number of nitrogens with one attached hydrogen (secondary N) is 1. The van der Waals surface area contributed by atoms with Crippen molar-refractivity contribution in [2.75, 3.05) is 5.32 Å². The zero-order valence-electron chi connectivity index (χ0n) is 10.9. The third-order valence-corrected chi connectivity index (χ3v) is 2.79.